The maximum Gasteiger partial charge on any atom is 0.266 e. The lowest BCUT2D eigenvalue weighted by Gasteiger charge is -2.27. The lowest BCUT2D eigenvalue weighted by atomic mass is 9.83. The molecule has 1 fully saturated rings. The summed E-state index contributed by atoms with van der Waals surface area (Å²) in [5.74, 6) is 0.869. The molecule has 0 aromatic heterocycles. The van der Waals surface area contributed by atoms with Gasteiger partial charge in [-0.1, -0.05) is 111 Å². The fraction of sp³-hybridized carbons (Fsp3) is 0.300. The number of carbonyl (C=O) groups excluding carboxylic acids is 2. The highest BCUT2D eigenvalue weighted by Gasteiger charge is 2.50. The summed E-state index contributed by atoms with van der Waals surface area (Å²) in [6.07, 6.45) is 5.93. The van der Waals surface area contributed by atoms with E-state index in [2.05, 4.69) is 0 Å². The number of nitrogens with zero attached hydrogens (tertiary/aromatic N) is 2. The van der Waals surface area contributed by atoms with E-state index in [1.54, 1.807) is 4.90 Å². The van der Waals surface area contributed by atoms with Gasteiger partial charge in [-0.15, -0.1) is 0 Å². The number of nitrogens with two attached hydrogens (primary N) is 1. The second-order valence-electron chi connectivity index (χ2n) is 9.69. The topological polar surface area (TPSA) is 75.8 Å². The molecule has 0 atom stereocenters. The summed E-state index contributed by atoms with van der Waals surface area (Å²) in [4.78, 5) is 32.9. The molecule has 2 aliphatic rings. The molecule has 1 aliphatic carbocycles. The van der Waals surface area contributed by atoms with Crippen LogP contribution in [-0.4, -0.2) is 22.5 Å². The van der Waals surface area contributed by atoms with Crippen LogP contribution in [-0.2, 0) is 28.1 Å². The highest BCUT2D eigenvalue weighted by atomic mass is 16.2. The predicted molar refractivity (Wildman–Crippen MR) is 138 cm³/mol. The molecular formula is C30H31N3O2. The molecule has 5 rings (SSSR count). The molecule has 0 bridgehead atoms. The van der Waals surface area contributed by atoms with Gasteiger partial charge >= 0.3 is 0 Å². The van der Waals surface area contributed by atoms with Gasteiger partial charge in [0.25, 0.3) is 5.91 Å². The van der Waals surface area contributed by atoms with Gasteiger partial charge in [-0.3, -0.25) is 14.5 Å². The highest BCUT2D eigenvalue weighted by molar-refractivity contribution is 6.09. The smallest absolute Gasteiger partial charge is 0.266 e. The number of hydrogen-bond acceptors (Lipinski definition) is 4. The van der Waals surface area contributed by atoms with Gasteiger partial charge in [0.05, 0.1) is 6.54 Å². The molecule has 35 heavy (non-hydrogen) atoms. The first-order chi connectivity index (χ1) is 17.1. The largest absolute Gasteiger partial charge is 0.369 e. The van der Waals surface area contributed by atoms with Crippen LogP contribution in [0.3, 0.4) is 0 Å². The minimum Gasteiger partial charge on any atom is -0.369 e. The zero-order valence-corrected chi connectivity index (χ0v) is 19.9. The molecule has 0 spiro atoms. The third-order valence-corrected chi connectivity index (χ3v) is 7.22. The van der Waals surface area contributed by atoms with Crippen molar-refractivity contribution in [2.45, 2.75) is 50.6 Å². The summed E-state index contributed by atoms with van der Waals surface area (Å²) in [5, 5.41) is 0. The molecule has 3 aromatic rings. The molecular weight excluding hydrogens is 434 g/mol. The standard InChI is InChI=1S/C30H31N3O2/c31-29-32-30(25-14-3-1-4-15-25,26-16-5-2-6-17-26)28(35)33(29)21-24-13-9-12-23(18-24)20-27(34)19-22-10-7-8-11-22/h1-6,9,12-18,22H,7-8,10-11,19-21H2,(H2,31,32). The Kier molecular flexibility index (Phi) is 6.49. The number of hydrogen-bond donors (Lipinski definition) is 1. The van der Waals surface area contributed by atoms with Crippen LogP contribution in [0.4, 0.5) is 0 Å². The summed E-state index contributed by atoms with van der Waals surface area (Å²) in [5.41, 5.74) is 8.65. The Balaban J connectivity index is 1.38. The fourth-order valence-corrected chi connectivity index (χ4v) is 5.49. The molecule has 3 aromatic carbocycles. The molecule has 1 aliphatic heterocycles. The van der Waals surface area contributed by atoms with Crippen molar-refractivity contribution in [1.82, 2.24) is 4.90 Å². The lowest BCUT2D eigenvalue weighted by Crippen LogP contribution is -2.43. The van der Waals surface area contributed by atoms with Crippen LogP contribution in [0.15, 0.2) is 89.9 Å². The Bertz CT molecular complexity index is 1190. The van der Waals surface area contributed by atoms with E-state index >= 15 is 0 Å². The predicted octanol–water partition coefficient (Wildman–Crippen LogP) is 4.98. The third-order valence-electron chi connectivity index (χ3n) is 7.22. The molecule has 1 heterocycles. The molecule has 0 unspecified atom stereocenters. The lowest BCUT2D eigenvalue weighted by molar-refractivity contribution is -0.130. The molecule has 2 N–H and O–H groups in total. The Labute approximate surface area is 206 Å². The van der Waals surface area contributed by atoms with E-state index in [1.165, 1.54) is 25.7 Å². The normalized spacial score (nSPS) is 17.5. The van der Waals surface area contributed by atoms with Gasteiger partial charge in [0.1, 0.15) is 5.78 Å². The van der Waals surface area contributed by atoms with Crippen LogP contribution in [0.2, 0.25) is 0 Å². The minimum absolute atomic E-state index is 0.171. The van der Waals surface area contributed by atoms with E-state index in [4.69, 9.17) is 10.7 Å². The number of rotatable bonds is 8. The van der Waals surface area contributed by atoms with Crippen LogP contribution >= 0.6 is 0 Å². The number of ketones is 1. The maximum absolute atomic E-state index is 14.0. The van der Waals surface area contributed by atoms with Gasteiger partial charge in [0.2, 0.25) is 0 Å². The first-order valence-corrected chi connectivity index (χ1v) is 12.4. The first-order valence-electron chi connectivity index (χ1n) is 12.4. The van der Waals surface area contributed by atoms with Crippen molar-refractivity contribution in [3.05, 3.63) is 107 Å². The quantitative estimate of drug-likeness (QED) is 0.510. The van der Waals surface area contributed by atoms with Crippen molar-refractivity contribution in [3.8, 4) is 0 Å². The average Bonchev–Trinajstić information content (AvgIpc) is 3.47. The molecule has 0 saturated heterocycles. The molecule has 5 nitrogen and oxygen atoms in total. The van der Waals surface area contributed by atoms with E-state index in [9.17, 15) is 9.59 Å². The number of amides is 1. The van der Waals surface area contributed by atoms with Crippen LogP contribution in [0.5, 0.6) is 0 Å². The molecule has 0 radical (unpaired) electrons. The monoisotopic (exact) mass is 465 g/mol. The number of benzene rings is 3. The van der Waals surface area contributed by atoms with Crippen LogP contribution < -0.4 is 5.73 Å². The number of guanidine groups is 1. The van der Waals surface area contributed by atoms with Crippen molar-refractivity contribution < 1.29 is 9.59 Å². The summed E-state index contributed by atoms with van der Waals surface area (Å²) >= 11 is 0. The minimum atomic E-state index is -1.21. The molecule has 1 saturated carbocycles. The Morgan fingerprint density at radius 2 is 1.49 bits per heavy atom. The molecule has 5 heteroatoms. The maximum atomic E-state index is 14.0. The van der Waals surface area contributed by atoms with Crippen molar-refractivity contribution in [1.29, 1.82) is 0 Å². The van der Waals surface area contributed by atoms with Gasteiger partial charge in [-0.25, -0.2) is 4.99 Å². The average molecular weight is 466 g/mol. The van der Waals surface area contributed by atoms with Crippen molar-refractivity contribution in [3.63, 3.8) is 0 Å². The summed E-state index contributed by atoms with van der Waals surface area (Å²) in [6, 6.07) is 27.1. The Morgan fingerprint density at radius 3 is 2.11 bits per heavy atom. The van der Waals surface area contributed by atoms with E-state index in [-0.39, 0.29) is 11.9 Å². The van der Waals surface area contributed by atoms with Crippen LogP contribution in [0, 0.1) is 5.92 Å². The third kappa shape index (κ3) is 4.63. The second kappa shape index (κ2) is 9.87. The molecule has 1 amide bonds. The van der Waals surface area contributed by atoms with E-state index in [0.29, 0.717) is 31.1 Å². The first kappa shape index (κ1) is 23.0. The summed E-state index contributed by atoms with van der Waals surface area (Å²) < 4.78 is 0. The summed E-state index contributed by atoms with van der Waals surface area (Å²) in [6.45, 7) is 0.306. The zero-order valence-electron chi connectivity index (χ0n) is 19.9. The second-order valence-corrected chi connectivity index (χ2v) is 9.69. The van der Waals surface area contributed by atoms with Crippen molar-refractivity contribution >= 4 is 17.6 Å². The summed E-state index contributed by atoms with van der Waals surface area (Å²) in [7, 11) is 0. The molecule has 178 valence electrons. The number of aliphatic imine (C=N–C) groups is 1. The Morgan fingerprint density at radius 1 is 0.886 bits per heavy atom. The van der Waals surface area contributed by atoms with Gasteiger partial charge < -0.3 is 5.73 Å². The number of Topliss-reactive ketones (excluding diaryl/α,β-unsaturated/α-hetero) is 1. The fourth-order valence-electron chi connectivity index (χ4n) is 5.49. The van der Waals surface area contributed by atoms with Crippen molar-refractivity contribution in [2.24, 2.45) is 16.6 Å². The van der Waals surface area contributed by atoms with Gasteiger partial charge in [-0.05, 0) is 28.2 Å². The van der Waals surface area contributed by atoms with E-state index < -0.39 is 5.54 Å². The SMILES string of the molecule is NC1=NC(c2ccccc2)(c2ccccc2)C(=O)N1Cc1cccc(CC(=O)CC2CCCC2)c1. The van der Waals surface area contributed by atoms with E-state index in [0.717, 1.165) is 22.3 Å². The highest BCUT2D eigenvalue weighted by Crippen LogP contribution is 2.40. The number of carbonyl (C=O) groups is 2. The van der Waals surface area contributed by atoms with Crippen molar-refractivity contribution in [2.75, 3.05) is 0 Å². The van der Waals surface area contributed by atoms with Gasteiger partial charge in [0, 0.05) is 12.8 Å². The van der Waals surface area contributed by atoms with E-state index in [1.807, 2.05) is 84.9 Å². The van der Waals surface area contributed by atoms with Gasteiger partial charge in [-0.2, -0.15) is 0 Å². The van der Waals surface area contributed by atoms with Crippen LogP contribution in [0.25, 0.3) is 0 Å². The zero-order chi connectivity index (χ0) is 24.3. The Hall–Kier alpha value is -3.73. The van der Waals surface area contributed by atoms with Gasteiger partial charge in [0.15, 0.2) is 11.5 Å². The van der Waals surface area contributed by atoms with Crippen LogP contribution in [0.1, 0.15) is 54.4 Å².